The van der Waals surface area contributed by atoms with E-state index < -0.39 is 0 Å². The lowest BCUT2D eigenvalue weighted by molar-refractivity contribution is 0.0988. The number of hydrogen-bond acceptors (Lipinski definition) is 5. The number of amides is 1. The van der Waals surface area contributed by atoms with Crippen LogP contribution in [0.2, 0.25) is 5.02 Å². The molecule has 1 amide bonds. The van der Waals surface area contributed by atoms with Crippen molar-refractivity contribution in [2.75, 3.05) is 29.4 Å². The van der Waals surface area contributed by atoms with Crippen molar-refractivity contribution in [3.63, 3.8) is 0 Å². The number of anilines is 2. The third-order valence-electron chi connectivity index (χ3n) is 4.25. The third-order valence-corrected chi connectivity index (χ3v) is 4.49. The number of halogens is 1. The van der Waals surface area contributed by atoms with Gasteiger partial charge in [0, 0.05) is 36.4 Å². The number of carbonyl (C=O) groups excluding carboxylic acids is 1. The van der Waals surface area contributed by atoms with Crippen LogP contribution >= 0.6 is 11.6 Å². The fourth-order valence-corrected chi connectivity index (χ4v) is 2.93. The fourth-order valence-electron chi connectivity index (χ4n) is 2.74. The van der Waals surface area contributed by atoms with E-state index in [1.54, 1.807) is 41.6 Å². The molecule has 0 atom stereocenters. The van der Waals surface area contributed by atoms with Crippen molar-refractivity contribution in [1.82, 2.24) is 9.97 Å². The Bertz CT molecular complexity index is 820. The van der Waals surface area contributed by atoms with Gasteiger partial charge in [-0.25, -0.2) is 9.98 Å². The minimum absolute atomic E-state index is 0.169. The van der Waals surface area contributed by atoms with E-state index in [1.165, 1.54) is 0 Å². The van der Waals surface area contributed by atoms with E-state index in [9.17, 15) is 4.79 Å². The van der Waals surface area contributed by atoms with E-state index in [-0.39, 0.29) is 5.91 Å². The van der Waals surface area contributed by atoms with Gasteiger partial charge in [0.1, 0.15) is 5.69 Å². The number of unbranched alkanes of at least 4 members (excludes halogenated alkanes) is 1. The first kappa shape index (κ1) is 21.8. The first-order valence-corrected chi connectivity index (χ1v) is 9.94. The summed E-state index contributed by atoms with van der Waals surface area (Å²) in [6.45, 7) is 11.9. The van der Waals surface area contributed by atoms with Gasteiger partial charge in [-0.05, 0) is 51.8 Å². The quantitative estimate of drug-likeness (QED) is 0.558. The van der Waals surface area contributed by atoms with Crippen molar-refractivity contribution in [2.24, 2.45) is 4.99 Å². The zero-order valence-corrected chi connectivity index (χ0v) is 17.5. The molecule has 0 fully saturated rings. The van der Waals surface area contributed by atoms with Gasteiger partial charge in [0.05, 0.1) is 6.20 Å². The second-order valence-corrected chi connectivity index (χ2v) is 6.50. The van der Waals surface area contributed by atoms with Gasteiger partial charge >= 0.3 is 0 Å². The molecule has 0 aliphatic rings. The zero-order chi connectivity index (χ0) is 20.5. The molecule has 1 heterocycles. The minimum Gasteiger partial charge on any atom is -0.341 e. The molecule has 0 saturated carbocycles. The number of nitrogens with zero attached hydrogens (tertiary/aromatic N) is 5. The van der Waals surface area contributed by atoms with E-state index in [2.05, 4.69) is 21.9 Å². The Labute approximate surface area is 172 Å². The highest BCUT2D eigenvalue weighted by Gasteiger charge is 2.21. The molecule has 2 aromatic rings. The Morgan fingerprint density at radius 3 is 2.61 bits per heavy atom. The van der Waals surface area contributed by atoms with Crippen LogP contribution in [0.1, 0.15) is 44.0 Å². The van der Waals surface area contributed by atoms with Crippen molar-refractivity contribution in [3.05, 3.63) is 48.0 Å². The Kier molecular flexibility index (Phi) is 8.39. The van der Waals surface area contributed by atoms with Crippen LogP contribution in [0.15, 0.2) is 35.5 Å². The second-order valence-electron chi connectivity index (χ2n) is 6.06. The van der Waals surface area contributed by atoms with Gasteiger partial charge < -0.3 is 9.80 Å². The average Bonchev–Trinajstić information content (AvgIpc) is 2.71. The highest BCUT2D eigenvalue weighted by Crippen LogP contribution is 2.29. The topological polar surface area (TPSA) is 61.7 Å². The molecule has 149 valence electrons. The molecular formula is C21H27ClN5O. The lowest BCUT2D eigenvalue weighted by Gasteiger charge is -2.24. The average molecular weight is 401 g/mol. The maximum absolute atomic E-state index is 13.1. The third kappa shape index (κ3) is 5.29. The zero-order valence-electron chi connectivity index (χ0n) is 16.7. The standard InChI is InChI=1S/C21H27ClN5O/c1-5-9-13-23-19-18(15-24-21(25-19)26(6-2)7-3)27(8-4)20(28)16-11-10-12-17(22)14-16/h10-15H,1,5-9H2,2-4H3. The second kappa shape index (κ2) is 10.8. The molecule has 0 unspecified atom stereocenters. The highest BCUT2D eigenvalue weighted by molar-refractivity contribution is 6.31. The van der Waals surface area contributed by atoms with Crippen LogP contribution in [0.4, 0.5) is 17.5 Å². The van der Waals surface area contributed by atoms with E-state index in [4.69, 9.17) is 11.6 Å². The monoisotopic (exact) mass is 400 g/mol. The Morgan fingerprint density at radius 2 is 2.00 bits per heavy atom. The summed E-state index contributed by atoms with van der Waals surface area (Å²) < 4.78 is 0. The normalized spacial score (nSPS) is 11.0. The number of aliphatic imine (C=N–C) groups is 1. The van der Waals surface area contributed by atoms with E-state index in [1.807, 2.05) is 25.7 Å². The molecule has 6 nitrogen and oxygen atoms in total. The molecule has 0 saturated heterocycles. The highest BCUT2D eigenvalue weighted by atomic mass is 35.5. The van der Waals surface area contributed by atoms with Crippen LogP contribution in [-0.4, -0.2) is 41.7 Å². The SMILES string of the molecule is [CH2]CCC=Nc1nc(N(CC)CC)ncc1N(CC)C(=O)c1cccc(Cl)c1. The van der Waals surface area contributed by atoms with Crippen LogP contribution in [-0.2, 0) is 0 Å². The van der Waals surface area contributed by atoms with Crippen molar-refractivity contribution < 1.29 is 4.79 Å². The van der Waals surface area contributed by atoms with Gasteiger partial charge in [0.25, 0.3) is 5.91 Å². The molecule has 2 rings (SSSR count). The van der Waals surface area contributed by atoms with Gasteiger partial charge in [-0.2, -0.15) is 4.98 Å². The smallest absolute Gasteiger partial charge is 0.258 e. The van der Waals surface area contributed by atoms with Crippen LogP contribution in [0, 0.1) is 6.92 Å². The van der Waals surface area contributed by atoms with Crippen molar-refractivity contribution in [3.8, 4) is 0 Å². The molecule has 28 heavy (non-hydrogen) atoms. The molecule has 0 N–H and O–H groups in total. The van der Waals surface area contributed by atoms with Gasteiger partial charge in [0.15, 0.2) is 5.82 Å². The summed E-state index contributed by atoms with van der Waals surface area (Å²) in [5.41, 5.74) is 1.08. The first-order chi connectivity index (χ1) is 13.5. The fraction of sp³-hybridized carbons (Fsp3) is 0.381. The van der Waals surface area contributed by atoms with E-state index in [0.717, 1.165) is 25.9 Å². The summed E-state index contributed by atoms with van der Waals surface area (Å²) in [7, 11) is 0. The molecule has 0 bridgehead atoms. The maximum atomic E-state index is 13.1. The van der Waals surface area contributed by atoms with Crippen molar-refractivity contribution in [1.29, 1.82) is 0 Å². The summed E-state index contributed by atoms with van der Waals surface area (Å²) in [6.07, 6.45) is 4.93. The molecule has 1 aromatic carbocycles. The van der Waals surface area contributed by atoms with Crippen LogP contribution in [0.3, 0.4) is 0 Å². The molecule has 0 aliphatic heterocycles. The van der Waals surface area contributed by atoms with E-state index in [0.29, 0.717) is 34.6 Å². The summed E-state index contributed by atoms with van der Waals surface area (Å²) >= 11 is 6.06. The van der Waals surface area contributed by atoms with Crippen molar-refractivity contribution in [2.45, 2.75) is 33.6 Å². The number of rotatable bonds is 9. The summed E-state index contributed by atoms with van der Waals surface area (Å²) in [5, 5.41) is 0.517. The maximum Gasteiger partial charge on any atom is 0.258 e. The van der Waals surface area contributed by atoms with Crippen LogP contribution in [0.5, 0.6) is 0 Å². The minimum atomic E-state index is -0.169. The Balaban J connectivity index is 2.48. The molecule has 7 heteroatoms. The number of aromatic nitrogens is 2. The Hall–Kier alpha value is -2.47. The Morgan fingerprint density at radius 1 is 1.25 bits per heavy atom. The molecule has 1 aromatic heterocycles. The van der Waals surface area contributed by atoms with Crippen LogP contribution in [0.25, 0.3) is 0 Å². The summed E-state index contributed by atoms with van der Waals surface area (Å²) in [4.78, 5) is 30.4. The van der Waals surface area contributed by atoms with E-state index >= 15 is 0 Å². The van der Waals surface area contributed by atoms with Gasteiger partial charge in [-0.3, -0.25) is 4.79 Å². The molecule has 1 radical (unpaired) electrons. The van der Waals surface area contributed by atoms with Gasteiger partial charge in [0.2, 0.25) is 5.95 Å². The summed E-state index contributed by atoms with van der Waals surface area (Å²) in [6, 6.07) is 6.90. The lowest BCUT2D eigenvalue weighted by Crippen LogP contribution is -2.31. The summed E-state index contributed by atoms with van der Waals surface area (Å²) in [5.74, 6) is 0.905. The number of hydrogen-bond donors (Lipinski definition) is 0. The first-order valence-electron chi connectivity index (χ1n) is 9.56. The predicted molar refractivity (Wildman–Crippen MR) is 117 cm³/mol. The predicted octanol–water partition coefficient (Wildman–Crippen LogP) is 4.96. The number of benzene rings is 1. The number of carbonyl (C=O) groups is 1. The van der Waals surface area contributed by atoms with Gasteiger partial charge in [-0.1, -0.05) is 24.6 Å². The van der Waals surface area contributed by atoms with Crippen molar-refractivity contribution >= 4 is 41.2 Å². The van der Waals surface area contributed by atoms with Gasteiger partial charge in [-0.15, -0.1) is 0 Å². The van der Waals surface area contributed by atoms with Crippen LogP contribution < -0.4 is 9.80 Å². The molecule has 0 spiro atoms. The molecular weight excluding hydrogens is 374 g/mol. The largest absolute Gasteiger partial charge is 0.341 e. The molecule has 0 aliphatic carbocycles. The lowest BCUT2D eigenvalue weighted by atomic mass is 10.2.